The van der Waals surface area contributed by atoms with Crippen molar-refractivity contribution in [3.05, 3.63) is 5.82 Å². The van der Waals surface area contributed by atoms with Crippen LogP contribution in [-0.4, -0.2) is 58.2 Å². The van der Waals surface area contributed by atoms with Gasteiger partial charge in [-0.25, -0.2) is 0 Å². The van der Waals surface area contributed by atoms with Gasteiger partial charge >= 0.3 is 0 Å². The fourth-order valence-corrected chi connectivity index (χ4v) is 2.15. The Kier molecular flexibility index (Phi) is 4.49. The van der Waals surface area contributed by atoms with E-state index in [2.05, 4.69) is 19.9 Å². The zero-order valence-corrected chi connectivity index (χ0v) is 11.6. The summed E-state index contributed by atoms with van der Waals surface area (Å²) in [5.74, 6) is 1.47. The van der Waals surface area contributed by atoms with E-state index in [-0.39, 0.29) is 12.6 Å². The summed E-state index contributed by atoms with van der Waals surface area (Å²) in [4.78, 5) is 16.7. The maximum absolute atomic E-state index is 9.15. The van der Waals surface area contributed by atoms with E-state index in [0.29, 0.717) is 30.9 Å². The SMILES string of the molecule is CN(C)c1nc(N)nc(CN(CCO)C2CCC2)n1. The van der Waals surface area contributed by atoms with Crippen molar-refractivity contribution in [3.63, 3.8) is 0 Å². The predicted molar refractivity (Wildman–Crippen MR) is 73.7 cm³/mol. The van der Waals surface area contributed by atoms with E-state index in [9.17, 15) is 0 Å². The summed E-state index contributed by atoms with van der Waals surface area (Å²) in [6, 6.07) is 0.535. The first-order chi connectivity index (χ1) is 9.10. The molecule has 7 heteroatoms. The van der Waals surface area contributed by atoms with Gasteiger partial charge in [0.2, 0.25) is 11.9 Å². The van der Waals surface area contributed by atoms with Crippen molar-refractivity contribution >= 4 is 11.9 Å². The molecule has 0 atom stereocenters. The number of nitrogen functional groups attached to an aromatic ring is 1. The monoisotopic (exact) mass is 266 g/mol. The van der Waals surface area contributed by atoms with Crippen LogP contribution in [0.25, 0.3) is 0 Å². The van der Waals surface area contributed by atoms with Gasteiger partial charge in [0, 0.05) is 26.7 Å². The Morgan fingerprint density at radius 2 is 2.00 bits per heavy atom. The Bertz CT molecular complexity index is 421. The molecule has 0 bridgehead atoms. The van der Waals surface area contributed by atoms with Crippen molar-refractivity contribution in [1.82, 2.24) is 19.9 Å². The molecule has 1 heterocycles. The highest BCUT2D eigenvalue weighted by molar-refractivity contribution is 5.32. The molecule has 1 aliphatic rings. The Labute approximate surface area is 113 Å². The van der Waals surface area contributed by atoms with Gasteiger partial charge in [-0.2, -0.15) is 15.0 Å². The fraction of sp³-hybridized carbons (Fsp3) is 0.750. The van der Waals surface area contributed by atoms with Crippen LogP contribution in [0.2, 0.25) is 0 Å². The summed E-state index contributed by atoms with van der Waals surface area (Å²) < 4.78 is 0. The first-order valence-electron chi connectivity index (χ1n) is 6.63. The van der Waals surface area contributed by atoms with E-state index in [4.69, 9.17) is 10.8 Å². The van der Waals surface area contributed by atoms with Gasteiger partial charge in [-0.3, -0.25) is 4.90 Å². The summed E-state index contributed by atoms with van der Waals surface area (Å²) in [6.45, 7) is 1.41. The van der Waals surface area contributed by atoms with Crippen molar-refractivity contribution in [2.45, 2.75) is 31.8 Å². The van der Waals surface area contributed by atoms with Crippen LogP contribution in [0.3, 0.4) is 0 Å². The fourth-order valence-electron chi connectivity index (χ4n) is 2.15. The summed E-state index contributed by atoms with van der Waals surface area (Å²) in [5.41, 5.74) is 5.71. The second-order valence-electron chi connectivity index (χ2n) is 5.08. The van der Waals surface area contributed by atoms with Gasteiger partial charge in [0.15, 0.2) is 0 Å². The summed E-state index contributed by atoms with van der Waals surface area (Å²) in [6.07, 6.45) is 3.62. The van der Waals surface area contributed by atoms with E-state index >= 15 is 0 Å². The van der Waals surface area contributed by atoms with Crippen molar-refractivity contribution in [2.24, 2.45) is 0 Å². The summed E-state index contributed by atoms with van der Waals surface area (Å²) >= 11 is 0. The normalized spacial score (nSPS) is 15.6. The summed E-state index contributed by atoms with van der Waals surface area (Å²) in [5, 5.41) is 9.15. The maximum Gasteiger partial charge on any atom is 0.229 e. The van der Waals surface area contributed by atoms with E-state index in [1.54, 1.807) is 4.90 Å². The predicted octanol–water partition coefficient (Wildman–Crippen LogP) is -0.133. The third-order valence-electron chi connectivity index (χ3n) is 3.41. The number of nitrogens with zero attached hydrogens (tertiary/aromatic N) is 5. The highest BCUT2D eigenvalue weighted by Gasteiger charge is 2.25. The van der Waals surface area contributed by atoms with Gasteiger partial charge in [-0.1, -0.05) is 6.42 Å². The van der Waals surface area contributed by atoms with Crippen molar-refractivity contribution in [1.29, 1.82) is 0 Å². The third kappa shape index (κ3) is 3.51. The average Bonchev–Trinajstić information content (AvgIpc) is 2.26. The number of aromatic nitrogens is 3. The van der Waals surface area contributed by atoms with E-state index in [1.165, 1.54) is 19.3 Å². The molecule has 1 fully saturated rings. The van der Waals surface area contributed by atoms with Crippen LogP contribution >= 0.6 is 0 Å². The lowest BCUT2D eigenvalue weighted by atomic mass is 9.91. The minimum absolute atomic E-state index is 0.150. The lowest BCUT2D eigenvalue weighted by Gasteiger charge is -2.36. The molecule has 0 amide bonds. The first kappa shape index (κ1) is 14.0. The molecule has 0 saturated heterocycles. The number of nitrogens with two attached hydrogens (primary N) is 1. The van der Waals surface area contributed by atoms with Gasteiger partial charge in [0.1, 0.15) is 5.82 Å². The average molecular weight is 266 g/mol. The largest absolute Gasteiger partial charge is 0.395 e. The molecule has 1 saturated carbocycles. The highest BCUT2D eigenvalue weighted by Crippen LogP contribution is 2.25. The molecule has 1 aromatic heterocycles. The molecule has 0 spiro atoms. The number of aliphatic hydroxyl groups is 1. The molecule has 7 nitrogen and oxygen atoms in total. The molecule has 0 aromatic carbocycles. The Balaban J connectivity index is 2.11. The quantitative estimate of drug-likeness (QED) is 0.741. The molecule has 1 aliphatic carbocycles. The minimum atomic E-state index is 0.150. The first-order valence-corrected chi connectivity index (χ1v) is 6.63. The van der Waals surface area contributed by atoms with Gasteiger partial charge in [0.25, 0.3) is 0 Å². The molecule has 3 N–H and O–H groups in total. The molecule has 2 rings (SSSR count). The molecule has 1 aromatic rings. The van der Waals surface area contributed by atoms with Crippen molar-refractivity contribution < 1.29 is 5.11 Å². The van der Waals surface area contributed by atoms with Crippen molar-refractivity contribution in [3.8, 4) is 0 Å². The van der Waals surface area contributed by atoms with Crippen LogP contribution in [0.5, 0.6) is 0 Å². The topological polar surface area (TPSA) is 91.4 Å². The Hall–Kier alpha value is -1.47. The lowest BCUT2D eigenvalue weighted by molar-refractivity contribution is 0.0920. The zero-order valence-electron chi connectivity index (χ0n) is 11.6. The van der Waals surface area contributed by atoms with Crippen LogP contribution in [0.4, 0.5) is 11.9 Å². The maximum atomic E-state index is 9.15. The molecule has 106 valence electrons. The number of hydrogen-bond donors (Lipinski definition) is 2. The van der Waals surface area contributed by atoms with Crippen LogP contribution in [-0.2, 0) is 6.54 Å². The van der Waals surface area contributed by atoms with Crippen LogP contribution in [0, 0.1) is 0 Å². The Morgan fingerprint density at radius 1 is 1.26 bits per heavy atom. The smallest absolute Gasteiger partial charge is 0.229 e. The van der Waals surface area contributed by atoms with Crippen molar-refractivity contribution in [2.75, 3.05) is 37.9 Å². The molecule has 19 heavy (non-hydrogen) atoms. The molecule has 0 radical (unpaired) electrons. The van der Waals surface area contributed by atoms with Gasteiger partial charge in [-0.15, -0.1) is 0 Å². The summed E-state index contributed by atoms with van der Waals surface area (Å²) in [7, 11) is 3.74. The van der Waals surface area contributed by atoms with Crippen LogP contribution in [0.15, 0.2) is 0 Å². The van der Waals surface area contributed by atoms with E-state index in [0.717, 1.165) is 0 Å². The molecular formula is C12H22N6O. The Morgan fingerprint density at radius 3 is 2.53 bits per heavy atom. The lowest BCUT2D eigenvalue weighted by Crippen LogP contribution is -2.41. The van der Waals surface area contributed by atoms with E-state index in [1.807, 2.05) is 14.1 Å². The van der Waals surface area contributed by atoms with E-state index < -0.39 is 0 Å². The van der Waals surface area contributed by atoms with Crippen LogP contribution in [0.1, 0.15) is 25.1 Å². The third-order valence-corrected chi connectivity index (χ3v) is 3.41. The second-order valence-corrected chi connectivity index (χ2v) is 5.08. The number of hydrogen-bond acceptors (Lipinski definition) is 7. The number of aliphatic hydroxyl groups excluding tert-OH is 1. The molecule has 0 unspecified atom stereocenters. The molecular weight excluding hydrogens is 244 g/mol. The van der Waals surface area contributed by atoms with Gasteiger partial charge < -0.3 is 15.7 Å². The standard InChI is InChI=1S/C12H22N6O/c1-17(2)12-15-10(14-11(13)16-12)8-18(6-7-19)9-4-3-5-9/h9,19H,3-8H2,1-2H3,(H2,13,14,15,16). The zero-order chi connectivity index (χ0) is 13.8. The second kappa shape index (κ2) is 6.12. The number of rotatable bonds is 6. The van der Waals surface area contributed by atoms with Gasteiger partial charge in [0.05, 0.1) is 13.2 Å². The highest BCUT2D eigenvalue weighted by atomic mass is 16.3. The van der Waals surface area contributed by atoms with Crippen LogP contribution < -0.4 is 10.6 Å². The van der Waals surface area contributed by atoms with Gasteiger partial charge in [-0.05, 0) is 12.8 Å². The molecule has 0 aliphatic heterocycles. The minimum Gasteiger partial charge on any atom is -0.395 e. The number of anilines is 2.